The van der Waals surface area contributed by atoms with Crippen LogP contribution in [-0.2, 0) is 4.79 Å². The van der Waals surface area contributed by atoms with Gasteiger partial charge in [-0.25, -0.2) is 0 Å². The first kappa shape index (κ1) is 15.7. The maximum absolute atomic E-state index is 11.7. The molecule has 2 rings (SSSR count). The maximum atomic E-state index is 11.7. The standard InChI is InChI=1S/C15H22N2OS2/c18-15(12-20-14-6-8-16-9-7-14)17-10-11-19-13-4-2-1-3-5-13/h1-5,14,16H,6-12H2,(H,17,18). The first-order valence-corrected chi connectivity index (χ1v) is 9.15. The van der Waals surface area contributed by atoms with Crippen molar-refractivity contribution >= 4 is 29.4 Å². The van der Waals surface area contributed by atoms with Crippen molar-refractivity contribution in [1.82, 2.24) is 10.6 Å². The van der Waals surface area contributed by atoms with Gasteiger partial charge < -0.3 is 10.6 Å². The molecule has 0 radical (unpaired) electrons. The summed E-state index contributed by atoms with van der Waals surface area (Å²) in [5.74, 6) is 1.69. The summed E-state index contributed by atoms with van der Waals surface area (Å²) in [6, 6.07) is 10.3. The van der Waals surface area contributed by atoms with Crippen LogP contribution >= 0.6 is 23.5 Å². The van der Waals surface area contributed by atoms with Crippen LogP contribution in [0.5, 0.6) is 0 Å². The normalized spacial score (nSPS) is 16.0. The monoisotopic (exact) mass is 310 g/mol. The maximum Gasteiger partial charge on any atom is 0.230 e. The van der Waals surface area contributed by atoms with Crippen LogP contribution in [0.3, 0.4) is 0 Å². The Labute approximate surface area is 129 Å². The van der Waals surface area contributed by atoms with Crippen LogP contribution in [0.25, 0.3) is 0 Å². The third-order valence-electron chi connectivity index (χ3n) is 3.17. The molecule has 1 heterocycles. The van der Waals surface area contributed by atoms with Crippen LogP contribution in [0.1, 0.15) is 12.8 Å². The van der Waals surface area contributed by atoms with Crippen LogP contribution < -0.4 is 10.6 Å². The fraction of sp³-hybridized carbons (Fsp3) is 0.533. The second-order valence-corrected chi connectivity index (χ2v) is 7.23. The molecule has 0 atom stereocenters. The zero-order valence-corrected chi connectivity index (χ0v) is 13.3. The Kier molecular flexibility index (Phi) is 7.33. The quantitative estimate of drug-likeness (QED) is 0.599. The third-order valence-corrected chi connectivity index (χ3v) is 5.56. The fourth-order valence-electron chi connectivity index (χ4n) is 2.08. The molecule has 1 amide bonds. The highest BCUT2D eigenvalue weighted by Crippen LogP contribution is 2.19. The highest BCUT2D eigenvalue weighted by atomic mass is 32.2. The molecule has 5 heteroatoms. The largest absolute Gasteiger partial charge is 0.355 e. The molecular weight excluding hydrogens is 288 g/mol. The number of carbonyl (C=O) groups is 1. The van der Waals surface area contributed by atoms with Gasteiger partial charge in [-0.1, -0.05) is 18.2 Å². The fourth-order valence-corrected chi connectivity index (χ4v) is 3.93. The minimum Gasteiger partial charge on any atom is -0.355 e. The van der Waals surface area contributed by atoms with Gasteiger partial charge in [0.15, 0.2) is 0 Å². The Balaban J connectivity index is 1.51. The molecule has 0 aromatic heterocycles. The van der Waals surface area contributed by atoms with Crippen molar-refractivity contribution < 1.29 is 4.79 Å². The van der Waals surface area contributed by atoms with Crippen molar-refractivity contribution in [2.24, 2.45) is 0 Å². The Morgan fingerprint density at radius 1 is 1.25 bits per heavy atom. The first-order valence-electron chi connectivity index (χ1n) is 7.11. The van der Waals surface area contributed by atoms with E-state index >= 15 is 0 Å². The number of nitrogens with one attached hydrogen (secondary N) is 2. The molecule has 1 saturated heterocycles. The van der Waals surface area contributed by atoms with Gasteiger partial charge in [0.2, 0.25) is 5.91 Å². The van der Waals surface area contributed by atoms with Crippen LogP contribution in [0.4, 0.5) is 0 Å². The topological polar surface area (TPSA) is 41.1 Å². The lowest BCUT2D eigenvalue weighted by molar-refractivity contribution is -0.118. The minimum atomic E-state index is 0.169. The summed E-state index contributed by atoms with van der Waals surface area (Å²) in [5, 5.41) is 6.99. The molecule has 1 aliphatic heterocycles. The Morgan fingerprint density at radius 2 is 2.00 bits per heavy atom. The molecule has 0 spiro atoms. The van der Waals surface area contributed by atoms with Gasteiger partial charge in [0.1, 0.15) is 0 Å². The number of amides is 1. The van der Waals surface area contributed by atoms with Gasteiger partial charge in [-0.3, -0.25) is 4.79 Å². The SMILES string of the molecule is O=C(CSC1CCNCC1)NCCSc1ccccc1. The molecule has 3 nitrogen and oxygen atoms in total. The lowest BCUT2D eigenvalue weighted by atomic mass is 10.2. The van der Waals surface area contributed by atoms with Gasteiger partial charge in [0, 0.05) is 22.4 Å². The van der Waals surface area contributed by atoms with E-state index in [2.05, 4.69) is 22.8 Å². The molecule has 110 valence electrons. The van der Waals surface area contributed by atoms with Crippen molar-refractivity contribution in [3.63, 3.8) is 0 Å². The summed E-state index contributed by atoms with van der Waals surface area (Å²) >= 11 is 3.58. The van der Waals surface area contributed by atoms with Gasteiger partial charge in [0.05, 0.1) is 5.75 Å². The average Bonchev–Trinajstić information content (AvgIpc) is 2.52. The molecule has 1 aliphatic rings. The van der Waals surface area contributed by atoms with Crippen molar-refractivity contribution in [2.45, 2.75) is 23.0 Å². The van der Waals surface area contributed by atoms with E-state index in [-0.39, 0.29) is 5.91 Å². The van der Waals surface area contributed by atoms with Crippen LogP contribution in [0.15, 0.2) is 35.2 Å². The van der Waals surface area contributed by atoms with Crippen LogP contribution in [0, 0.1) is 0 Å². The average molecular weight is 310 g/mol. The highest BCUT2D eigenvalue weighted by Gasteiger charge is 2.14. The number of thioether (sulfide) groups is 2. The summed E-state index contributed by atoms with van der Waals surface area (Å²) in [6.07, 6.45) is 2.36. The molecule has 1 aromatic carbocycles. The Hall–Kier alpha value is -0.650. The molecule has 1 fully saturated rings. The van der Waals surface area contributed by atoms with Gasteiger partial charge in [0.25, 0.3) is 0 Å². The van der Waals surface area contributed by atoms with E-state index in [1.165, 1.54) is 17.7 Å². The number of rotatable bonds is 7. The summed E-state index contributed by atoms with van der Waals surface area (Å²) in [4.78, 5) is 13.0. The number of benzene rings is 1. The second kappa shape index (κ2) is 9.32. The second-order valence-electron chi connectivity index (χ2n) is 4.77. The summed E-state index contributed by atoms with van der Waals surface area (Å²) < 4.78 is 0. The van der Waals surface area contributed by atoms with Crippen molar-refractivity contribution in [2.75, 3.05) is 31.1 Å². The molecule has 20 heavy (non-hydrogen) atoms. The summed E-state index contributed by atoms with van der Waals surface area (Å²) in [6.45, 7) is 2.92. The van der Waals surface area contributed by atoms with Crippen molar-refractivity contribution in [3.8, 4) is 0 Å². The molecular formula is C15H22N2OS2. The van der Waals surface area contributed by atoms with E-state index in [0.29, 0.717) is 11.0 Å². The third kappa shape index (κ3) is 6.20. The zero-order valence-electron chi connectivity index (χ0n) is 11.6. The molecule has 1 aromatic rings. The molecule has 2 N–H and O–H groups in total. The van der Waals surface area contributed by atoms with E-state index in [4.69, 9.17) is 0 Å². The van der Waals surface area contributed by atoms with Gasteiger partial charge in [-0.15, -0.1) is 23.5 Å². The highest BCUT2D eigenvalue weighted by molar-refractivity contribution is 8.00. The Bertz CT molecular complexity index is 394. The number of carbonyl (C=O) groups excluding carboxylic acids is 1. The molecule has 0 bridgehead atoms. The number of piperidine rings is 1. The van der Waals surface area contributed by atoms with Gasteiger partial charge in [-0.2, -0.15) is 0 Å². The lowest BCUT2D eigenvalue weighted by Gasteiger charge is -2.21. The lowest BCUT2D eigenvalue weighted by Crippen LogP contribution is -2.32. The molecule has 0 saturated carbocycles. The minimum absolute atomic E-state index is 0.169. The zero-order chi connectivity index (χ0) is 14.0. The Morgan fingerprint density at radius 3 is 2.75 bits per heavy atom. The summed E-state index contributed by atoms with van der Waals surface area (Å²) in [5.41, 5.74) is 0. The predicted molar refractivity (Wildman–Crippen MR) is 88.5 cm³/mol. The van der Waals surface area contributed by atoms with E-state index in [1.807, 2.05) is 18.2 Å². The van der Waals surface area contributed by atoms with Crippen LogP contribution in [0.2, 0.25) is 0 Å². The number of hydrogen-bond acceptors (Lipinski definition) is 4. The van der Waals surface area contributed by atoms with Crippen molar-refractivity contribution in [3.05, 3.63) is 30.3 Å². The predicted octanol–water partition coefficient (Wildman–Crippen LogP) is 2.38. The summed E-state index contributed by atoms with van der Waals surface area (Å²) in [7, 11) is 0. The molecule has 0 unspecified atom stereocenters. The molecule has 0 aliphatic carbocycles. The van der Waals surface area contributed by atoms with E-state index < -0.39 is 0 Å². The first-order chi connectivity index (χ1) is 9.84. The van der Waals surface area contributed by atoms with E-state index in [1.54, 1.807) is 23.5 Å². The smallest absolute Gasteiger partial charge is 0.230 e. The number of hydrogen-bond donors (Lipinski definition) is 2. The van der Waals surface area contributed by atoms with E-state index in [0.717, 1.165) is 25.4 Å². The van der Waals surface area contributed by atoms with Crippen LogP contribution in [-0.4, -0.2) is 42.3 Å². The van der Waals surface area contributed by atoms with Gasteiger partial charge in [-0.05, 0) is 38.1 Å². The van der Waals surface area contributed by atoms with E-state index in [9.17, 15) is 4.79 Å². The van der Waals surface area contributed by atoms with Gasteiger partial charge >= 0.3 is 0 Å². The van der Waals surface area contributed by atoms with Crippen molar-refractivity contribution in [1.29, 1.82) is 0 Å².